The molecule has 0 spiro atoms. The average Bonchev–Trinajstić information content (AvgIpc) is 3.45. The monoisotopic (exact) mass is 481 g/mol. The van der Waals surface area contributed by atoms with Gasteiger partial charge in [0.2, 0.25) is 16.9 Å². The SMILES string of the molecule is CCOC(=O)c1ccc(NC(=O)CSc2nnc(-c3cc(-c4ccc(F)cc4)n[nH]3)n2N)cc1. The Balaban J connectivity index is 1.36. The molecule has 4 N–H and O–H groups in total. The number of halogens is 1. The highest BCUT2D eigenvalue weighted by molar-refractivity contribution is 7.99. The largest absolute Gasteiger partial charge is 0.462 e. The summed E-state index contributed by atoms with van der Waals surface area (Å²) >= 11 is 1.11. The number of H-pyrrole nitrogens is 1. The quantitative estimate of drug-likeness (QED) is 0.198. The molecule has 0 aliphatic heterocycles. The van der Waals surface area contributed by atoms with E-state index < -0.39 is 5.97 Å². The molecule has 0 radical (unpaired) electrons. The minimum atomic E-state index is -0.420. The summed E-state index contributed by atoms with van der Waals surface area (Å²) in [4.78, 5) is 24.0. The average molecular weight is 482 g/mol. The summed E-state index contributed by atoms with van der Waals surface area (Å²) < 4.78 is 19.3. The zero-order valence-corrected chi connectivity index (χ0v) is 18.8. The van der Waals surface area contributed by atoms with E-state index in [0.717, 1.165) is 17.3 Å². The van der Waals surface area contributed by atoms with E-state index in [1.807, 2.05) is 0 Å². The molecule has 0 unspecified atom stereocenters. The number of nitrogen functional groups attached to an aromatic ring is 1. The molecule has 0 atom stereocenters. The summed E-state index contributed by atoms with van der Waals surface area (Å²) in [5.74, 6) is 5.45. The van der Waals surface area contributed by atoms with E-state index in [9.17, 15) is 14.0 Å². The topological polar surface area (TPSA) is 141 Å². The minimum absolute atomic E-state index is 0.0404. The van der Waals surface area contributed by atoms with Gasteiger partial charge in [0.25, 0.3) is 0 Å². The van der Waals surface area contributed by atoms with Crippen LogP contribution in [-0.2, 0) is 9.53 Å². The van der Waals surface area contributed by atoms with Crippen LogP contribution < -0.4 is 11.2 Å². The van der Waals surface area contributed by atoms with Gasteiger partial charge in [-0.3, -0.25) is 9.89 Å². The van der Waals surface area contributed by atoms with Crippen LogP contribution in [0.2, 0.25) is 0 Å². The molecule has 0 saturated heterocycles. The summed E-state index contributed by atoms with van der Waals surface area (Å²) in [6, 6.07) is 14.1. The number of nitrogens with zero attached hydrogens (tertiary/aromatic N) is 4. The summed E-state index contributed by atoms with van der Waals surface area (Å²) in [5, 5.41) is 18.2. The van der Waals surface area contributed by atoms with E-state index in [2.05, 4.69) is 25.7 Å². The summed E-state index contributed by atoms with van der Waals surface area (Å²) in [6.07, 6.45) is 0. The Bertz CT molecular complexity index is 1300. The number of aromatic amines is 1. The van der Waals surface area contributed by atoms with Gasteiger partial charge in [-0.1, -0.05) is 11.8 Å². The zero-order chi connectivity index (χ0) is 24.1. The lowest BCUT2D eigenvalue weighted by atomic mass is 10.1. The van der Waals surface area contributed by atoms with Crippen molar-refractivity contribution in [2.75, 3.05) is 23.5 Å². The van der Waals surface area contributed by atoms with E-state index in [0.29, 0.717) is 33.6 Å². The zero-order valence-electron chi connectivity index (χ0n) is 18.0. The van der Waals surface area contributed by atoms with Crippen LogP contribution in [0.3, 0.4) is 0 Å². The Kier molecular flexibility index (Phi) is 6.87. The van der Waals surface area contributed by atoms with Gasteiger partial charge in [-0.15, -0.1) is 10.2 Å². The first kappa shape index (κ1) is 23.0. The fourth-order valence-electron chi connectivity index (χ4n) is 3.00. The van der Waals surface area contributed by atoms with Crippen molar-refractivity contribution < 1.29 is 18.7 Å². The number of carbonyl (C=O) groups excluding carboxylic acids is 2. The molecule has 0 bridgehead atoms. The Morgan fingerprint density at radius 1 is 1.15 bits per heavy atom. The van der Waals surface area contributed by atoms with Crippen LogP contribution in [0.25, 0.3) is 22.8 Å². The Morgan fingerprint density at radius 3 is 2.59 bits per heavy atom. The van der Waals surface area contributed by atoms with Crippen molar-refractivity contribution in [3.63, 3.8) is 0 Å². The van der Waals surface area contributed by atoms with Gasteiger partial charge in [0.1, 0.15) is 11.5 Å². The third kappa shape index (κ3) is 5.23. The minimum Gasteiger partial charge on any atom is -0.462 e. The van der Waals surface area contributed by atoms with Crippen LogP contribution in [0, 0.1) is 5.82 Å². The van der Waals surface area contributed by atoms with Crippen molar-refractivity contribution in [2.45, 2.75) is 12.1 Å². The summed E-state index contributed by atoms with van der Waals surface area (Å²) in [5.41, 5.74) is 2.79. The van der Waals surface area contributed by atoms with Crippen molar-refractivity contribution in [1.29, 1.82) is 0 Å². The Labute approximate surface area is 197 Å². The van der Waals surface area contributed by atoms with E-state index in [1.54, 1.807) is 49.4 Å². The molecule has 2 aromatic carbocycles. The summed E-state index contributed by atoms with van der Waals surface area (Å²) in [6.45, 7) is 2.02. The number of ether oxygens (including phenoxy) is 1. The van der Waals surface area contributed by atoms with Crippen molar-refractivity contribution in [3.05, 3.63) is 66.0 Å². The van der Waals surface area contributed by atoms with Crippen molar-refractivity contribution in [2.24, 2.45) is 0 Å². The molecule has 10 nitrogen and oxygen atoms in total. The predicted molar refractivity (Wildman–Crippen MR) is 125 cm³/mol. The number of anilines is 1. The molecular formula is C22H20FN7O3S. The van der Waals surface area contributed by atoms with Gasteiger partial charge in [-0.2, -0.15) is 5.10 Å². The normalized spacial score (nSPS) is 10.8. The number of nitrogens with one attached hydrogen (secondary N) is 2. The van der Waals surface area contributed by atoms with E-state index in [4.69, 9.17) is 10.6 Å². The van der Waals surface area contributed by atoms with Gasteiger partial charge in [0.05, 0.1) is 23.6 Å². The van der Waals surface area contributed by atoms with Gasteiger partial charge < -0.3 is 15.9 Å². The fourth-order valence-corrected chi connectivity index (χ4v) is 3.65. The van der Waals surface area contributed by atoms with E-state index in [1.165, 1.54) is 16.8 Å². The number of esters is 1. The first-order valence-corrected chi connectivity index (χ1v) is 11.1. The number of thioether (sulfide) groups is 1. The maximum atomic E-state index is 13.1. The molecule has 2 aromatic heterocycles. The van der Waals surface area contributed by atoms with Crippen LogP contribution in [0.4, 0.5) is 10.1 Å². The van der Waals surface area contributed by atoms with Gasteiger partial charge in [-0.05, 0) is 61.5 Å². The second kappa shape index (κ2) is 10.2. The smallest absolute Gasteiger partial charge is 0.338 e. The number of nitrogens with two attached hydrogens (primary N) is 1. The molecule has 12 heteroatoms. The lowest BCUT2D eigenvalue weighted by Gasteiger charge is -2.06. The molecular weight excluding hydrogens is 461 g/mol. The maximum Gasteiger partial charge on any atom is 0.338 e. The molecule has 4 aromatic rings. The maximum absolute atomic E-state index is 13.1. The lowest BCUT2D eigenvalue weighted by molar-refractivity contribution is -0.113. The lowest BCUT2D eigenvalue weighted by Crippen LogP contribution is -2.16. The van der Waals surface area contributed by atoms with Crippen LogP contribution in [0.15, 0.2) is 59.8 Å². The van der Waals surface area contributed by atoms with Crippen LogP contribution in [-0.4, -0.2) is 49.3 Å². The number of amides is 1. The summed E-state index contributed by atoms with van der Waals surface area (Å²) in [7, 11) is 0. The van der Waals surface area contributed by atoms with E-state index >= 15 is 0 Å². The fraction of sp³-hybridized carbons (Fsp3) is 0.136. The third-order valence-corrected chi connectivity index (χ3v) is 5.58. The van der Waals surface area contributed by atoms with E-state index in [-0.39, 0.29) is 24.1 Å². The standard InChI is InChI=1S/C22H20FN7O3S/c1-2-33-21(32)14-5-9-16(10-6-14)25-19(31)12-34-22-29-28-20(30(22)24)18-11-17(26-27-18)13-3-7-15(23)8-4-13/h3-11H,2,12,24H2,1H3,(H,25,31)(H,26,27). The molecule has 1 amide bonds. The van der Waals surface area contributed by atoms with Crippen LogP contribution in [0.1, 0.15) is 17.3 Å². The predicted octanol–water partition coefficient (Wildman–Crippen LogP) is 3.10. The number of benzene rings is 2. The van der Waals surface area contributed by atoms with Crippen molar-refractivity contribution in [1.82, 2.24) is 25.1 Å². The third-order valence-electron chi connectivity index (χ3n) is 4.64. The second-order valence-corrected chi connectivity index (χ2v) is 7.93. The number of hydrogen-bond acceptors (Lipinski definition) is 8. The highest BCUT2D eigenvalue weighted by atomic mass is 32.2. The highest BCUT2D eigenvalue weighted by Gasteiger charge is 2.16. The second-order valence-electron chi connectivity index (χ2n) is 6.98. The number of carbonyl (C=O) groups is 2. The van der Waals surface area contributed by atoms with Crippen molar-refractivity contribution >= 4 is 29.3 Å². The van der Waals surface area contributed by atoms with Crippen molar-refractivity contribution in [3.8, 4) is 22.8 Å². The molecule has 0 aliphatic rings. The number of rotatable bonds is 8. The van der Waals surface area contributed by atoms with Crippen LogP contribution >= 0.6 is 11.8 Å². The molecule has 2 heterocycles. The highest BCUT2D eigenvalue weighted by Crippen LogP contribution is 2.25. The Hall–Kier alpha value is -4.19. The van der Waals surface area contributed by atoms with Gasteiger partial charge in [0, 0.05) is 11.3 Å². The first-order chi connectivity index (χ1) is 16.4. The molecule has 4 rings (SSSR count). The van der Waals surface area contributed by atoms with Gasteiger partial charge in [0.15, 0.2) is 0 Å². The Morgan fingerprint density at radius 2 is 1.88 bits per heavy atom. The number of aromatic nitrogens is 5. The molecule has 0 saturated carbocycles. The van der Waals surface area contributed by atoms with Gasteiger partial charge in [-0.25, -0.2) is 13.9 Å². The number of hydrogen-bond donors (Lipinski definition) is 3. The molecule has 34 heavy (non-hydrogen) atoms. The molecule has 174 valence electrons. The first-order valence-electron chi connectivity index (χ1n) is 10.2. The molecule has 0 fully saturated rings. The molecule has 0 aliphatic carbocycles. The van der Waals surface area contributed by atoms with Crippen LogP contribution in [0.5, 0.6) is 0 Å². The van der Waals surface area contributed by atoms with Gasteiger partial charge >= 0.3 is 5.97 Å².